The fraction of sp³-hybridized carbons (Fsp3) is 0.133. The summed E-state index contributed by atoms with van der Waals surface area (Å²) >= 11 is 5.69. The Morgan fingerprint density at radius 2 is 1.95 bits per heavy atom. The maximum Gasteiger partial charge on any atom is 0.170 e. The number of hydrogen-bond donors (Lipinski definition) is 0. The molecular formula is C15H9ClF2O2. The molecule has 0 amide bonds. The number of hydrogen-bond acceptors (Lipinski definition) is 2. The Morgan fingerprint density at radius 1 is 1.15 bits per heavy atom. The molecule has 0 saturated carbocycles. The number of carbonyl (C=O) groups excluding carboxylic acids is 1. The van der Waals surface area contributed by atoms with Crippen molar-refractivity contribution in [2.75, 3.05) is 0 Å². The maximum absolute atomic E-state index is 13.9. The van der Waals surface area contributed by atoms with Crippen LogP contribution in [-0.4, -0.2) is 5.78 Å². The molecule has 1 aliphatic heterocycles. The third kappa shape index (κ3) is 2.27. The van der Waals surface area contributed by atoms with Gasteiger partial charge in [-0.15, -0.1) is 0 Å². The monoisotopic (exact) mass is 294 g/mol. The summed E-state index contributed by atoms with van der Waals surface area (Å²) in [7, 11) is 0. The van der Waals surface area contributed by atoms with Crippen molar-refractivity contribution in [1.29, 1.82) is 0 Å². The lowest BCUT2D eigenvalue weighted by molar-refractivity contribution is 0.0845. The van der Waals surface area contributed by atoms with Gasteiger partial charge in [0.25, 0.3) is 0 Å². The van der Waals surface area contributed by atoms with Crippen molar-refractivity contribution in [3.05, 3.63) is 64.2 Å². The van der Waals surface area contributed by atoms with Gasteiger partial charge in [0.2, 0.25) is 0 Å². The van der Waals surface area contributed by atoms with E-state index in [1.165, 1.54) is 24.3 Å². The normalized spacial score (nSPS) is 17.6. The van der Waals surface area contributed by atoms with Crippen LogP contribution in [0.4, 0.5) is 8.78 Å². The first kappa shape index (κ1) is 13.1. The highest BCUT2D eigenvalue weighted by Gasteiger charge is 2.29. The quantitative estimate of drug-likeness (QED) is 0.783. The molecule has 5 heteroatoms. The van der Waals surface area contributed by atoms with E-state index in [1.54, 1.807) is 0 Å². The molecule has 0 saturated heterocycles. The smallest absolute Gasteiger partial charge is 0.170 e. The zero-order chi connectivity index (χ0) is 14.3. The Kier molecular flexibility index (Phi) is 3.18. The fourth-order valence-electron chi connectivity index (χ4n) is 2.23. The molecule has 0 N–H and O–H groups in total. The van der Waals surface area contributed by atoms with E-state index < -0.39 is 17.7 Å². The Morgan fingerprint density at radius 3 is 2.70 bits per heavy atom. The van der Waals surface area contributed by atoms with Crippen molar-refractivity contribution in [2.24, 2.45) is 0 Å². The number of fused-ring (bicyclic) bond motifs is 1. The van der Waals surface area contributed by atoms with E-state index in [1.807, 2.05) is 0 Å². The minimum absolute atomic E-state index is 0.0111. The van der Waals surface area contributed by atoms with Gasteiger partial charge < -0.3 is 4.74 Å². The lowest BCUT2D eigenvalue weighted by Crippen LogP contribution is -2.21. The van der Waals surface area contributed by atoms with Gasteiger partial charge in [-0.1, -0.05) is 17.7 Å². The van der Waals surface area contributed by atoms with E-state index >= 15 is 0 Å². The lowest BCUT2D eigenvalue weighted by atomic mass is 9.96. The Balaban J connectivity index is 2.00. The summed E-state index contributed by atoms with van der Waals surface area (Å²) in [5.74, 6) is -1.12. The van der Waals surface area contributed by atoms with Crippen LogP contribution in [0.3, 0.4) is 0 Å². The van der Waals surface area contributed by atoms with Crippen LogP contribution in [0.15, 0.2) is 36.4 Å². The molecule has 0 bridgehead atoms. The fourth-order valence-corrected chi connectivity index (χ4v) is 2.39. The van der Waals surface area contributed by atoms with E-state index in [4.69, 9.17) is 16.3 Å². The van der Waals surface area contributed by atoms with Crippen LogP contribution in [0.25, 0.3) is 0 Å². The van der Waals surface area contributed by atoms with E-state index in [2.05, 4.69) is 0 Å². The van der Waals surface area contributed by atoms with Gasteiger partial charge in [0.1, 0.15) is 23.5 Å². The third-order valence-electron chi connectivity index (χ3n) is 3.19. The average Bonchev–Trinajstić information content (AvgIpc) is 2.37. The first-order valence-corrected chi connectivity index (χ1v) is 6.37. The van der Waals surface area contributed by atoms with E-state index in [0.717, 1.165) is 12.1 Å². The number of ketones is 1. The van der Waals surface area contributed by atoms with Gasteiger partial charge in [-0.05, 0) is 24.3 Å². The molecule has 0 aliphatic carbocycles. The van der Waals surface area contributed by atoms with Gasteiger partial charge in [-0.2, -0.15) is 0 Å². The largest absolute Gasteiger partial charge is 0.484 e. The maximum atomic E-state index is 13.9. The van der Waals surface area contributed by atoms with Crippen LogP contribution in [-0.2, 0) is 0 Å². The highest BCUT2D eigenvalue weighted by atomic mass is 35.5. The summed E-state index contributed by atoms with van der Waals surface area (Å²) in [5.41, 5.74) is 0.551. The van der Waals surface area contributed by atoms with Gasteiger partial charge in [0.05, 0.1) is 12.0 Å². The van der Waals surface area contributed by atoms with E-state index in [-0.39, 0.29) is 28.5 Å². The van der Waals surface area contributed by atoms with Crippen LogP contribution < -0.4 is 4.74 Å². The molecule has 0 radical (unpaired) electrons. The van der Waals surface area contributed by atoms with Crippen molar-refractivity contribution in [2.45, 2.75) is 12.5 Å². The van der Waals surface area contributed by atoms with E-state index in [9.17, 15) is 13.6 Å². The predicted molar refractivity (Wildman–Crippen MR) is 70.1 cm³/mol. The van der Waals surface area contributed by atoms with Gasteiger partial charge in [0, 0.05) is 16.7 Å². The molecule has 1 atom stereocenters. The van der Waals surface area contributed by atoms with Crippen LogP contribution in [0, 0.1) is 11.6 Å². The van der Waals surface area contributed by atoms with Crippen molar-refractivity contribution in [3.8, 4) is 5.75 Å². The molecule has 2 aromatic rings. The molecule has 102 valence electrons. The van der Waals surface area contributed by atoms with Crippen LogP contribution >= 0.6 is 11.6 Å². The second-order valence-electron chi connectivity index (χ2n) is 4.54. The highest BCUT2D eigenvalue weighted by Crippen LogP contribution is 2.36. The van der Waals surface area contributed by atoms with Gasteiger partial charge in [-0.25, -0.2) is 8.78 Å². The van der Waals surface area contributed by atoms with Crippen molar-refractivity contribution in [3.63, 3.8) is 0 Å². The first-order valence-electron chi connectivity index (χ1n) is 5.99. The van der Waals surface area contributed by atoms with E-state index in [0.29, 0.717) is 5.56 Å². The molecule has 3 rings (SSSR count). The SMILES string of the molecule is O=C1CC(c2ccc(Cl)cc2F)Oc2cc(F)ccc21. The van der Waals surface area contributed by atoms with Crippen LogP contribution in [0.5, 0.6) is 5.75 Å². The molecule has 1 unspecified atom stereocenters. The minimum Gasteiger partial charge on any atom is -0.484 e. The molecule has 20 heavy (non-hydrogen) atoms. The Bertz CT molecular complexity index is 700. The van der Waals surface area contributed by atoms with Crippen molar-refractivity contribution < 1.29 is 18.3 Å². The molecule has 1 heterocycles. The number of benzene rings is 2. The average molecular weight is 295 g/mol. The Labute approximate surface area is 118 Å². The summed E-state index contributed by atoms with van der Waals surface area (Å²) in [6.45, 7) is 0. The molecule has 0 aromatic heterocycles. The lowest BCUT2D eigenvalue weighted by Gasteiger charge is -2.25. The topological polar surface area (TPSA) is 26.3 Å². The predicted octanol–water partition coefficient (Wildman–Crippen LogP) is 4.32. The molecule has 2 nitrogen and oxygen atoms in total. The molecule has 0 spiro atoms. The summed E-state index contributed by atoms with van der Waals surface area (Å²) in [6, 6.07) is 7.86. The summed E-state index contributed by atoms with van der Waals surface area (Å²) < 4.78 is 32.6. The standard InChI is InChI=1S/C15H9ClF2O2/c16-8-1-3-10(12(18)5-8)15-7-13(19)11-4-2-9(17)6-14(11)20-15/h1-6,15H,7H2. The molecule has 0 fully saturated rings. The van der Waals surface area contributed by atoms with Crippen molar-refractivity contribution in [1.82, 2.24) is 0 Å². The summed E-state index contributed by atoms with van der Waals surface area (Å²) in [4.78, 5) is 12.0. The number of Topliss-reactive ketones (excluding diaryl/α,β-unsaturated/α-hetero) is 1. The zero-order valence-corrected chi connectivity index (χ0v) is 11.0. The third-order valence-corrected chi connectivity index (χ3v) is 3.43. The second-order valence-corrected chi connectivity index (χ2v) is 4.98. The Hall–Kier alpha value is -1.94. The number of ether oxygens (including phenoxy) is 1. The van der Waals surface area contributed by atoms with Crippen LogP contribution in [0.1, 0.15) is 28.4 Å². The molecular weight excluding hydrogens is 286 g/mol. The molecule has 1 aliphatic rings. The summed E-state index contributed by atoms with van der Waals surface area (Å²) in [6.07, 6.45) is -0.758. The van der Waals surface area contributed by atoms with Crippen LogP contribution in [0.2, 0.25) is 5.02 Å². The second kappa shape index (κ2) is 4.87. The van der Waals surface area contributed by atoms with Gasteiger partial charge in [0.15, 0.2) is 5.78 Å². The minimum atomic E-state index is -0.769. The first-order chi connectivity index (χ1) is 9.54. The summed E-state index contributed by atoms with van der Waals surface area (Å²) in [5, 5.41) is 0.264. The number of carbonyl (C=O) groups is 1. The van der Waals surface area contributed by atoms with Gasteiger partial charge >= 0.3 is 0 Å². The zero-order valence-electron chi connectivity index (χ0n) is 10.2. The van der Waals surface area contributed by atoms with Crippen molar-refractivity contribution >= 4 is 17.4 Å². The highest BCUT2D eigenvalue weighted by molar-refractivity contribution is 6.30. The number of rotatable bonds is 1. The number of halogens is 3. The van der Waals surface area contributed by atoms with Gasteiger partial charge in [-0.3, -0.25) is 4.79 Å². The molecule has 2 aromatic carbocycles.